The summed E-state index contributed by atoms with van der Waals surface area (Å²) >= 11 is 0. The van der Waals surface area contributed by atoms with Gasteiger partial charge in [0.25, 0.3) is 5.91 Å². The van der Waals surface area contributed by atoms with Gasteiger partial charge in [-0.25, -0.2) is 0 Å². The third-order valence-electron chi connectivity index (χ3n) is 6.94. The van der Waals surface area contributed by atoms with Gasteiger partial charge in [-0.1, -0.05) is 18.2 Å². The Bertz CT molecular complexity index is 1120. The maximum Gasteiger partial charge on any atom is 0.308 e. The smallest absolute Gasteiger partial charge is 0.308 e. The molecule has 3 aliphatic rings. The van der Waals surface area contributed by atoms with Crippen LogP contribution in [-0.2, 0) is 9.53 Å². The Balaban J connectivity index is 1.38. The van der Waals surface area contributed by atoms with Crippen LogP contribution in [0.1, 0.15) is 59.6 Å². The third kappa shape index (κ3) is 4.40. The Morgan fingerprint density at radius 3 is 2.82 bits per heavy atom. The van der Waals surface area contributed by atoms with Crippen molar-refractivity contribution in [3.8, 4) is 11.5 Å². The highest BCUT2D eigenvalue weighted by Crippen LogP contribution is 2.50. The van der Waals surface area contributed by atoms with Crippen LogP contribution in [0.3, 0.4) is 0 Å². The highest BCUT2D eigenvalue weighted by Gasteiger charge is 2.38. The van der Waals surface area contributed by atoms with Crippen molar-refractivity contribution in [1.29, 1.82) is 0 Å². The number of ether oxygens (including phenoxy) is 3. The second kappa shape index (κ2) is 9.50. The molecule has 0 saturated carbocycles. The number of methoxy groups -OCH3 is 1. The number of fused-ring (bicyclic) bond motifs is 3. The Morgan fingerprint density at radius 2 is 2.06 bits per heavy atom. The molecule has 0 bridgehead atoms. The number of rotatable bonds is 6. The number of benzene rings is 2. The summed E-state index contributed by atoms with van der Waals surface area (Å²) in [5, 5.41) is 6.71. The molecule has 2 aliphatic heterocycles. The second-order valence-corrected chi connectivity index (χ2v) is 9.13. The van der Waals surface area contributed by atoms with Crippen LogP contribution in [0.15, 0.2) is 48.6 Å². The van der Waals surface area contributed by atoms with E-state index in [1.165, 1.54) is 6.92 Å². The monoisotopic (exact) mass is 462 g/mol. The topological polar surface area (TPSA) is 85.9 Å². The molecule has 2 aromatic carbocycles. The van der Waals surface area contributed by atoms with Gasteiger partial charge in [-0.3, -0.25) is 9.59 Å². The van der Waals surface area contributed by atoms with Crippen molar-refractivity contribution in [3.05, 3.63) is 65.2 Å². The molecule has 4 unspecified atom stereocenters. The molecule has 34 heavy (non-hydrogen) atoms. The molecular weight excluding hydrogens is 432 g/mol. The molecule has 0 radical (unpaired) electrons. The number of carbonyl (C=O) groups excluding carboxylic acids is 2. The van der Waals surface area contributed by atoms with E-state index in [2.05, 4.69) is 22.8 Å². The second-order valence-electron chi connectivity index (χ2n) is 9.13. The maximum absolute atomic E-state index is 12.8. The van der Waals surface area contributed by atoms with E-state index in [-0.39, 0.29) is 29.9 Å². The van der Waals surface area contributed by atoms with Gasteiger partial charge < -0.3 is 24.8 Å². The maximum atomic E-state index is 12.8. The highest BCUT2D eigenvalue weighted by atomic mass is 16.6. The summed E-state index contributed by atoms with van der Waals surface area (Å²) in [6.45, 7) is 2.70. The molecule has 0 aromatic heterocycles. The van der Waals surface area contributed by atoms with Gasteiger partial charge in [-0.15, -0.1) is 0 Å². The van der Waals surface area contributed by atoms with Crippen molar-refractivity contribution in [2.24, 2.45) is 5.92 Å². The SMILES string of the molecule is COc1cc(C2Nc3ccc(C(=O)NCC4CCCO4)cc3C3C=CCC32)ccc1OC(C)=O. The molecule has 2 aromatic rings. The summed E-state index contributed by atoms with van der Waals surface area (Å²) in [6, 6.07) is 11.6. The molecule has 1 aliphatic carbocycles. The fraction of sp³-hybridized carbons (Fsp3) is 0.407. The molecular formula is C27H30N2O5. The lowest BCUT2D eigenvalue weighted by Gasteiger charge is -2.38. The average molecular weight is 463 g/mol. The summed E-state index contributed by atoms with van der Waals surface area (Å²) in [7, 11) is 1.57. The third-order valence-corrected chi connectivity index (χ3v) is 6.94. The van der Waals surface area contributed by atoms with Gasteiger partial charge >= 0.3 is 5.97 Å². The van der Waals surface area contributed by atoms with Gasteiger partial charge in [0.1, 0.15) is 0 Å². The van der Waals surface area contributed by atoms with E-state index in [0.29, 0.717) is 29.5 Å². The lowest BCUT2D eigenvalue weighted by atomic mass is 9.76. The summed E-state index contributed by atoms with van der Waals surface area (Å²) in [5.41, 5.74) is 3.90. The van der Waals surface area contributed by atoms with Crippen LogP contribution in [-0.4, -0.2) is 38.2 Å². The van der Waals surface area contributed by atoms with E-state index >= 15 is 0 Å². The number of anilines is 1. The molecule has 1 amide bonds. The zero-order valence-electron chi connectivity index (χ0n) is 19.5. The van der Waals surface area contributed by atoms with Crippen LogP contribution in [0.4, 0.5) is 5.69 Å². The number of nitrogens with one attached hydrogen (secondary N) is 2. The Kier molecular flexibility index (Phi) is 6.28. The predicted molar refractivity (Wildman–Crippen MR) is 128 cm³/mol. The van der Waals surface area contributed by atoms with E-state index < -0.39 is 0 Å². The minimum atomic E-state index is -0.383. The van der Waals surface area contributed by atoms with Gasteiger partial charge in [-0.05, 0) is 66.6 Å². The molecule has 2 N–H and O–H groups in total. The Hall–Kier alpha value is -3.32. The quantitative estimate of drug-likeness (QED) is 0.377. The van der Waals surface area contributed by atoms with Gasteiger partial charge in [0, 0.05) is 37.2 Å². The summed E-state index contributed by atoms with van der Waals surface area (Å²) in [6.07, 6.45) is 7.57. The number of allylic oxidation sites excluding steroid dienone is 2. The molecule has 4 atom stereocenters. The number of amides is 1. The largest absolute Gasteiger partial charge is 0.493 e. The zero-order chi connectivity index (χ0) is 23.7. The zero-order valence-corrected chi connectivity index (χ0v) is 19.5. The average Bonchev–Trinajstić information content (AvgIpc) is 3.54. The molecule has 7 heteroatoms. The first-order valence-electron chi connectivity index (χ1n) is 11.9. The van der Waals surface area contributed by atoms with Crippen LogP contribution in [0.5, 0.6) is 11.5 Å². The first-order chi connectivity index (χ1) is 16.5. The normalized spacial score (nSPS) is 24.6. The van der Waals surface area contributed by atoms with Crippen molar-refractivity contribution < 1.29 is 23.8 Å². The van der Waals surface area contributed by atoms with Crippen LogP contribution in [0.2, 0.25) is 0 Å². The van der Waals surface area contributed by atoms with E-state index in [1.54, 1.807) is 13.2 Å². The Morgan fingerprint density at radius 1 is 1.18 bits per heavy atom. The van der Waals surface area contributed by atoms with Crippen LogP contribution < -0.4 is 20.1 Å². The molecule has 7 nitrogen and oxygen atoms in total. The minimum Gasteiger partial charge on any atom is -0.493 e. The van der Waals surface area contributed by atoms with Gasteiger partial charge in [0.15, 0.2) is 11.5 Å². The first-order valence-corrected chi connectivity index (χ1v) is 11.9. The summed E-state index contributed by atoms with van der Waals surface area (Å²) in [5.74, 6) is 1.01. The number of hydrogen-bond donors (Lipinski definition) is 2. The lowest BCUT2D eigenvalue weighted by molar-refractivity contribution is -0.132. The van der Waals surface area contributed by atoms with Gasteiger partial charge in [0.2, 0.25) is 0 Å². The molecule has 1 fully saturated rings. The van der Waals surface area contributed by atoms with Crippen LogP contribution >= 0.6 is 0 Å². The van der Waals surface area contributed by atoms with Crippen molar-refractivity contribution >= 4 is 17.6 Å². The fourth-order valence-electron chi connectivity index (χ4n) is 5.30. The predicted octanol–water partition coefficient (Wildman–Crippen LogP) is 4.36. The van der Waals surface area contributed by atoms with E-state index in [4.69, 9.17) is 14.2 Å². The van der Waals surface area contributed by atoms with Crippen molar-refractivity contribution in [1.82, 2.24) is 5.32 Å². The fourth-order valence-corrected chi connectivity index (χ4v) is 5.30. The van der Waals surface area contributed by atoms with Crippen LogP contribution in [0.25, 0.3) is 0 Å². The minimum absolute atomic E-state index is 0.0620. The van der Waals surface area contributed by atoms with E-state index in [9.17, 15) is 9.59 Å². The van der Waals surface area contributed by atoms with Gasteiger partial charge in [0.05, 0.1) is 19.3 Å². The first kappa shape index (κ1) is 22.5. The van der Waals surface area contributed by atoms with Crippen LogP contribution in [0, 0.1) is 5.92 Å². The number of carbonyl (C=O) groups is 2. The molecule has 2 heterocycles. The molecule has 178 valence electrons. The number of hydrogen-bond acceptors (Lipinski definition) is 6. The molecule has 1 saturated heterocycles. The van der Waals surface area contributed by atoms with Gasteiger partial charge in [-0.2, -0.15) is 0 Å². The summed E-state index contributed by atoms with van der Waals surface area (Å²) < 4.78 is 16.4. The highest BCUT2D eigenvalue weighted by molar-refractivity contribution is 5.95. The standard InChI is InChI=1S/C27H30N2O5/c1-16(30)34-24-11-9-17(14-25(24)32-2)26-21-7-3-6-20(21)22-13-18(8-10-23(22)29-26)27(31)28-15-19-5-4-12-33-19/h3,6,8-11,13-14,19-21,26,29H,4-5,7,12,15H2,1-2H3,(H,28,31). The number of esters is 1. The lowest BCUT2D eigenvalue weighted by Crippen LogP contribution is -2.32. The molecule has 0 spiro atoms. The van der Waals surface area contributed by atoms with E-state index in [1.807, 2.05) is 30.3 Å². The van der Waals surface area contributed by atoms with Crippen molar-refractivity contribution in [3.63, 3.8) is 0 Å². The van der Waals surface area contributed by atoms with Crippen molar-refractivity contribution in [2.75, 3.05) is 25.6 Å². The van der Waals surface area contributed by atoms with E-state index in [0.717, 1.165) is 42.7 Å². The molecule has 5 rings (SSSR count). The Labute approximate surface area is 199 Å². The summed E-state index contributed by atoms with van der Waals surface area (Å²) in [4.78, 5) is 24.2. The van der Waals surface area contributed by atoms with Crippen molar-refractivity contribution in [2.45, 2.75) is 44.2 Å².